The molecule has 122 valence electrons. The maximum absolute atomic E-state index is 11.8. The highest BCUT2D eigenvalue weighted by Crippen LogP contribution is 2.43. The summed E-state index contributed by atoms with van der Waals surface area (Å²) in [6.45, 7) is 6.67. The predicted octanol–water partition coefficient (Wildman–Crippen LogP) is 3.35. The smallest absolute Gasteiger partial charge is 0.328 e. The summed E-state index contributed by atoms with van der Waals surface area (Å²) in [5.74, 6) is -1.16. The van der Waals surface area contributed by atoms with E-state index < -0.39 is 11.9 Å². The number of anilines is 1. The van der Waals surface area contributed by atoms with E-state index in [9.17, 15) is 14.9 Å². The molecule has 6 heteroatoms. The maximum atomic E-state index is 11.8. The number of thiophene rings is 1. The van der Waals surface area contributed by atoms with E-state index in [2.05, 4.69) is 32.2 Å². The van der Waals surface area contributed by atoms with E-state index in [4.69, 9.17) is 5.11 Å². The van der Waals surface area contributed by atoms with Crippen molar-refractivity contribution in [3.63, 3.8) is 0 Å². The molecule has 1 aromatic heterocycles. The molecule has 23 heavy (non-hydrogen) atoms. The Hall–Kier alpha value is -2.13. The molecule has 1 amide bonds. The van der Waals surface area contributed by atoms with Gasteiger partial charge < -0.3 is 10.4 Å². The lowest BCUT2D eigenvalue weighted by molar-refractivity contribution is -0.131. The molecule has 0 aromatic carbocycles. The summed E-state index contributed by atoms with van der Waals surface area (Å²) < 4.78 is 0. The molecule has 0 saturated carbocycles. The zero-order chi connectivity index (χ0) is 17.2. The summed E-state index contributed by atoms with van der Waals surface area (Å²) in [5.41, 5.74) is 1.77. The van der Waals surface area contributed by atoms with Crippen LogP contribution >= 0.6 is 11.3 Å². The average Bonchev–Trinajstić information content (AvgIpc) is 2.80. The van der Waals surface area contributed by atoms with E-state index in [1.807, 2.05) is 0 Å². The minimum atomic E-state index is -1.18. The molecule has 0 spiro atoms. The van der Waals surface area contributed by atoms with Crippen LogP contribution in [-0.2, 0) is 22.4 Å². The molecule has 2 rings (SSSR count). The topological polar surface area (TPSA) is 90.2 Å². The SMILES string of the molecule is CC(C)(C)[C@@H]1CCc2c(sc(NC(=O)C=CC(=O)O)c2C#N)C1. The van der Waals surface area contributed by atoms with Gasteiger partial charge >= 0.3 is 5.97 Å². The third-order valence-electron chi connectivity index (χ3n) is 4.22. The number of carbonyl (C=O) groups is 2. The number of aliphatic carboxylic acids is 1. The Morgan fingerprint density at radius 1 is 1.39 bits per heavy atom. The van der Waals surface area contributed by atoms with E-state index in [0.29, 0.717) is 16.5 Å². The van der Waals surface area contributed by atoms with Gasteiger partial charge in [0.15, 0.2) is 0 Å². The first-order chi connectivity index (χ1) is 10.7. The number of hydrogen-bond donors (Lipinski definition) is 2. The standard InChI is InChI=1S/C17H20N2O3S/c1-17(2,3)10-4-5-11-12(9-18)16(23-13(11)8-10)19-14(20)6-7-15(21)22/h6-7,10H,4-5,8H2,1-3H3,(H,19,20)(H,21,22)/t10-/m1/s1. The van der Waals surface area contributed by atoms with Crippen LogP contribution in [0, 0.1) is 22.7 Å². The van der Waals surface area contributed by atoms with Crippen LogP contribution in [0.4, 0.5) is 5.00 Å². The Morgan fingerprint density at radius 2 is 2.09 bits per heavy atom. The lowest BCUT2D eigenvalue weighted by Gasteiger charge is -2.33. The fraction of sp³-hybridized carbons (Fsp3) is 0.471. The molecule has 1 aromatic rings. The van der Waals surface area contributed by atoms with Crippen molar-refractivity contribution < 1.29 is 14.7 Å². The monoisotopic (exact) mass is 332 g/mol. The van der Waals surface area contributed by atoms with Crippen molar-refractivity contribution in [2.75, 3.05) is 5.32 Å². The van der Waals surface area contributed by atoms with Crippen LogP contribution < -0.4 is 5.32 Å². The molecule has 0 aliphatic heterocycles. The molecule has 0 saturated heterocycles. The van der Waals surface area contributed by atoms with Gasteiger partial charge in [-0.05, 0) is 36.2 Å². The molecule has 1 aliphatic rings. The number of fused-ring (bicyclic) bond motifs is 1. The molecule has 1 heterocycles. The van der Waals surface area contributed by atoms with Crippen molar-refractivity contribution >= 4 is 28.2 Å². The Kier molecular flexibility index (Phi) is 4.90. The van der Waals surface area contributed by atoms with E-state index in [-0.39, 0.29) is 5.41 Å². The second kappa shape index (κ2) is 6.55. The van der Waals surface area contributed by atoms with Gasteiger partial charge in [-0.2, -0.15) is 5.26 Å². The van der Waals surface area contributed by atoms with Crippen LogP contribution in [-0.4, -0.2) is 17.0 Å². The van der Waals surface area contributed by atoms with E-state index in [0.717, 1.165) is 41.9 Å². The maximum Gasteiger partial charge on any atom is 0.328 e. The van der Waals surface area contributed by atoms with Gasteiger partial charge in [0.1, 0.15) is 11.1 Å². The van der Waals surface area contributed by atoms with Crippen molar-refractivity contribution in [2.24, 2.45) is 11.3 Å². The molecule has 0 fully saturated rings. The van der Waals surface area contributed by atoms with Gasteiger partial charge in [0.25, 0.3) is 0 Å². The molecule has 5 nitrogen and oxygen atoms in total. The molecule has 0 unspecified atom stereocenters. The quantitative estimate of drug-likeness (QED) is 0.831. The Morgan fingerprint density at radius 3 is 2.65 bits per heavy atom. The summed E-state index contributed by atoms with van der Waals surface area (Å²) in [6.07, 6.45) is 4.54. The highest BCUT2D eigenvalue weighted by atomic mass is 32.1. The third kappa shape index (κ3) is 3.99. The highest BCUT2D eigenvalue weighted by molar-refractivity contribution is 7.16. The fourth-order valence-corrected chi connectivity index (χ4v) is 4.11. The number of nitrogens with zero attached hydrogens (tertiary/aromatic N) is 1. The Bertz CT molecular complexity index is 705. The number of nitrogens with one attached hydrogen (secondary N) is 1. The van der Waals surface area contributed by atoms with Gasteiger partial charge in [0.2, 0.25) is 5.91 Å². The molecular formula is C17H20N2O3S. The zero-order valence-corrected chi connectivity index (χ0v) is 14.3. The minimum Gasteiger partial charge on any atom is -0.478 e. The first-order valence-electron chi connectivity index (χ1n) is 7.49. The first-order valence-corrected chi connectivity index (χ1v) is 8.30. The van der Waals surface area contributed by atoms with Gasteiger partial charge in [0.05, 0.1) is 5.56 Å². The van der Waals surface area contributed by atoms with Gasteiger partial charge in [-0.25, -0.2) is 4.79 Å². The van der Waals surface area contributed by atoms with Gasteiger partial charge in [0, 0.05) is 17.0 Å². The largest absolute Gasteiger partial charge is 0.478 e. The van der Waals surface area contributed by atoms with Crippen molar-refractivity contribution in [1.82, 2.24) is 0 Å². The number of carbonyl (C=O) groups excluding carboxylic acids is 1. The number of carboxylic acids is 1. The van der Waals surface area contributed by atoms with Crippen LogP contribution in [0.3, 0.4) is 0 Å². The van der Waals surface area contributed by atoms with Crippen molar-refractivity contribution in [3.05, 3.63) is 28.2 Å². The molecular weight excluding hydrogens is 312 g/mol. The number of amides is 1. The van der Waals surface area contributed by atoms with Crippen LogP contribution in [0.25, 0.3) is 0 Å². The van der Waals surface area contributed by atoms with Crippen molar-refractivity contribution in [1.29, 1.82) is 5.26 Å². The van der Waals surface area contributed by atoms with Crippen LogP contribution in [0.1, 0.15) is 43.2 Å². The van der Waals surface area contributed by atoms with E-state index in [1.165, 1.54) is 11.3 Å². The fourth-order valence-electron chi connectivity index (χ4n) is 2.83. The normalized spacial score (nSPS) is 17.6. The third-order valence-corrected chi connectivity index (χ3v) is 5.39. The number of nitriles is 1. The lowest BCUT2D eigenvalue weighted by Crippen LogP contribution is -2.26. The minimum absolute atomic E-state index is 0.210. The van der Waals surface area contributed by atoms with Crippen LogP contribution in [0.5, 0.6) is 0 Å². The summed E-state index contributed by atoms with van der Waals surface area (Å²) in [5, 5.41) is 21.1. The van der Waals surface area contributed by atoms with Gasteiger partial charge in [-0.3, -0.25) is 4.79 Å². The summed E-state index contributed by atoms with van der Waals surface area (Å²) >= 11 is 1.43. The van der Waals surface area contributed by atoms with Crippen molar-refractivity contribution in [2.45, 2.75) is 40.0 Å². The zero-order valence-electron chi connectivity index (χ0n) is 13.5. The Balaban J connectivity index is 2.24. The Labute approximate surface area is 139 Å². The first kappa shape index (κ1) is 17.2. The van der Waals surface area contributed by atoms with Gasteiger partial charge in [-0.15, -0.1) is 11.3 Å². The number of carboxylic acid groups (broad SMARTS) is 1. The second-order valence-electron chi connectivity index (χ2n) is 6.79. The van der Waals surface area contributed by atoms with E-state index in [1.54, 1.807) is 0 Å². The molecule has 0 radical (unpaired) electrons. The highest BCUT2D eigenvalue weighted by Gasteiger charge is 2.32. The summed E-state index contributed by atoms with van der Waals surface area (Å²) in [7, 11) is 0. The molecule has 1 atom stereocenters. The van der Waals surface area contributed by atoms with E-state index >= 15 is 0 Å². The molecule has 2 N–H and O–H groups in total. The second-order valence-corrected chi connectivity index (χ2v) is 7.89. The summed E-state index contributed by atoms with van der Waals surface area (Å²) in [4.78, 5) is 23.4. The van der Waals surface area contributed by atoms with Crippen LogP contribution in [0.15, 0.2) is 12.2 Å². The molecule has 1 aliphatic carbocycles. The number of hydrogen-bond acceptors (Lipinski definition) is 4. The van der Waals surface area contributed by atoms with Gasteiger partial charge in [-0.1, -0.05) is 20.8 Å². The van der Waals surface area contributed by atoms with Crippen LogP contribution in [0.2, 0.25) is 0 Å². The van der Waals surface area contributed by atoms with Crippen molar-refractivity contribution in [3.8, 4) is 6.07 Å². The molecule has 0 bridgehead atoms. The predicted molar refractivity (Wildman–Crippen MR) is 89.4 cm³/mol. The average molecular weight is 332 g/mol. The summed E-state index contributed by atoms with van der Waals surface area (Å²) in [6, 6.07) is 2.18. The number of rotatable bonds is 3. The lowest BCUT2D eigenvalue weighted by atomic mass is 9.72.